The van der Waals surface area contributed by atoms with E-state index in [9.17, 15) is 4.79 Å². The van der Waals surface area contributed by atoms with Crippen LogP contribution in [0, 0.1) is 5.92 Å². The molecule has 1 rings (SSSR count). The second kappa shape index (κ2) is 7.88. The molecule has 2 N–H and O–H groups in total. The van der Waals surface area contributed by atoms with Crippen molar-refractivity contribution in [1.82, 2.24) is 10.6 Å². The molecule has 18 heavy (non-hydrogen) atoms. The summed E-state index contributed by atoms with van der Waals surface area (Å²) in [5, 5.41) is 6.21. The molecule has 0 radical (unpaired) electrons. The van der Waals surface area contributed by atoms with Crippen LogP contribution in [-0.4, -0.2) is 19.0 Å². The van der Waals surface area contributed by atoms with Gasteiger partial charge in [-0.25, -0.2) is 0 Å². The van der Waals surface area contributed by atoms with E-state index in [1.807, 2.05) is 18.2 Å². The summed E-state index contributed by atoms with van der Waals surface area (Å²) in [6.45, 7) is 7.42. The number of hydrogen-bond donors (Lipinski definition) is 2. The topological polar surface area (TPSA) is 41.1 Å². The van der Waals surface area contributed by atoms with Gasteiger partial charge in [-0.3, -0.25) is 4.79 Å². The Bertz CT molecular complexity index is 349. The molecule has 0 saturated heterocycles. The third-order valence-corrected chi connectivity index (χ3v) is 2.83. The van der Waals surface area contributed by atoms with Crippen LogP contribution < -0.4 is 10.6 Å². The van der Waals surface area contributed by atoms with Gasteiger partial charge in [0.05, 0.1) is 6.54 Å². The third kappa shape index (κ3) is 5.32. The Morgan fingerprint density at radius 2 is 1.89 bits per heavy atom. The minimum absolute atomic E-state index is 0.0677. The molecule has 1 aromatic rings. The van der Waals surface area contributed by atoms with Crippen molar-refractivity contribution in [2.45, 2.75) is 33.2 Å². The molecular weight excluding hydrogens is 224 g/mol. The van der Waals surface area contributed by atoms with Crippen molar-refractivity contribution in [3.8, 4) is 0 Å². The van der Waals surface area contributed by atoms with Crippen LogP contribution in [-0.2, 0) is 4.79 Å². The van der Waals surface area contributed by atoms with Crippen molar-refractivity contribution in [1.29, 1.82) is 0 Å². The van der Waals surface area contributed by atoms with Crippen molar-refractivity contribution >= 4 is 5.91 Å². The molecule has 0 bridgehead atoms. The summed E-state index contributed by atoms with van der Waals surface area (Å²) >= 11 is 0. The maximum Gasteiger partial charge on any atom is 0.233 e. The zero-order valence-corrected chi connectivity index (χ0v) is 11.6. The normalized spacial score (nSPS) is 12.4. The second-order valence-electron chi connectivity index (χ2n) is 4.95. The molecule has 0 spiro atoms. The number of carbonyl (C=O) groups excluding carboxylic acids is 1. The monoisotopic (exact) mass is 248 g/mol. The first-order valence-corrected chi connectivity index (χ1v) is 6.68. The van der Waals surface area contributed by atoms with Crippen molar-refractivity contribution < 1.29 is 4.79 Å². The third-order valence-electron chi connectivity index (χ3n) is 2.83. The lowest BCUT2D eigenvalue weighted by Crippen LogP contribution is -2.37. The average molecular weight is 248 g/mol. The Morgan fingerprint density at radius 3 is 2.44 bits per heavy atom. The minimum atomic E-state index is 0.0677. The van der Waals surface area contributed by atoms with Crippen LogP contribution in [0.1, 0.15) is 38.8 Å². The van der Waals surface area contributed by atoms with Gasteiger partial charge in [0.25, 0.3) is 0 Å². The molecule has 3 heteroatoms. The van der Waals surface area contributed by atoms with Crippen molar-refractivity contribution in [2.75, 3.05) is 13.1 Å². The zero-order chi connectivity index (χ0) is 13.4. The first kappa shape index (κ1) is 14.7. The van der Waals surface area contributed by atoms with Gasteiger partial charge in [0.15, 0.2) is 0 Å². The lowest BCUT2D eigenvalue weighted by atomic mass is 10.0. The van der Waals surface area contributed by atoms with Crippen LogP contribution >= 0.6 is 0 Å². The van der Waals surface area contributed by atoms with E-state index in [2.05, 4.69) is 43.5 Å². The molecule has 1 atom stereocenters. The molecule has 1 aromatic carbocycles. The van der Waals surface area contributed by atoms with Crippen LogP contribution in [0.2, 0.25) is 0 Å². The predicted molar refractivity (Wildman–Crippen MR) is 75.3 cm³/mol. The number of amides is 1. The van der Waals surface area contributed by atoms with Crippen LogP contribution in [0.15, 0.2) is 30.3 Å². The molecule has 0 aromatic heterocycles. The molecule has 1 amide bonds. The molecule has 0 aliphatic heterocycles. The largest absolute Gasteiger partial charge is 0.355 e. The molecule has 0 saturated carbocycles. The summed E-state index contributed by atoms with van der Waals surface area (Å²) in [4.78, 5) is 11.6. The highest BCUT2D eigenvalue weighted by molar-refractivity contribution is 5.78. The van der Waals surface area contributed by atoms with Gasteiger partial charge in [-0.05, 0) is 17.9 Å². The number of nitrogens with one attached hydrogen (secondary N) is 2. The van der Waals surface area contributed by atoms with Gasteiger partial charge in [0, 0.05) is 12.6 Å². The Morgan fingerprint density at radius 1 is 1.22 bits per heavy atom. The second-order valence-corrected chi connectivity index (χ2v) is 4.95. The fourth-order valence-corrected chi connectivity index (χ4v) is 1.78. The highest BCUT2D eigenvalue weighted by atomic mass is 16.1. The molecule has 1 unspecified atom stereocenters. The average Bonchev–Trinajstić information content (AvgIpc) is 2.38. The Labute approximate surface area is 110 Å². The molecule has 0 heterocycles. The van der Waals surface area contributed by atoms with E-state index in [0.717, 1.165) is 13.0 Å². The van der Waals surface area contributed by atoms with Crippen LogP contribution in [0.3, 0.4) is 0 Å². The van der Waals surface area contributed by atoms with Gasteiger partial charge < -0.3 is 10.6 Å². The van der Waals surface area contributed by atoms with Gasteiger partial charge in [-0.15, -0.1) is 0 Å². The standard InChI is InChI=1S/C15H24N2O/c1-4-14(13-8-6-5-7-9-13)16-11-15(18)17-10-12(2)3/h5-9,12,14,16H,4,10-11H2,1-3H3,(H,17,18). The Balaban J connectivity index is 2.38. The number of benzene rings is 1. The van der Waals surface area contributed by atoms with Crippen LogP contribution in [0.4, 0.5) is 0 Å². The lowest BCUT2D eigenvalue weighted by molar-refractivity contribution is -0.120. The Kier molecular flexibility index (Phi) is 6.44. The van der Waals surface area contributed by atoms with Gasteiger partial charge in [-0.1, -0.05) is 51.1 Å². The molecule has 0 aliphatic carbocycles. The fourth-order valence-electron chi connectivity index (χ4n) is 1.78. The maximum atomic E-state index is 11.6. The fraction of sp³-hybridized carbons (Fsp3) is 0.533. The van der Waals surface area contributed by atoms with E-state index in [1.54, 1.807) is 0 Å². The van der Waals surface area contributed by atoms with Crippen molar-refractivity contribution in [2.24, 2.45) is 5.92 Å². The van der Waals surface area contributed by atoms with Gasteiger partial charge in [0.1, 0.15) is 0 Å². The summed E-state index contributed by atoms with van der Waals surface area (Å²) in [6.07, 6.45) is 0.974. The van der Waals surface area contributed by atoms with E-state index in [1.165, 1.54) is 5.56 Å². The number of carbonyl (C=O) groups is 1. The highest BCUT2D eigenvalue weighted by Gasteiger charge is 2.10. The van der Waals surface area contributed by atoms with E-state index in [-0.39, 0.29) is 11.9 Å². The number of hydrogen-bond acceptors (Lipinski definition) is 2. The van der Waals surface area contributed by atoms with Gasteiger partial charge in [0.2, 0.25) is 5.91 Å². The van der Waals surface area contributed by atoms with Crippen LogP contribution in [0.5, 0.6) is 0 Å². The SMILES string of the molecule is CCC(NCC(=O)NCC(C)C)c1ccccc1. The summed E-state index contributed by atoms with van der Waals surface area (Å²) in [7, 11) is 0. The van der Waals surface area contributed by atoms with E-state index >= 15 is 0 Å². The minimum Gasteiger partial charge on any atom is -0.355 e. The summed E-state index contributed by atoms with van der Waals surface area (Å²) in [5.74, 6) is 0.558. The van der Waals surface area contributed by atoms with Crippen LogP contribution in [0.25, 0.3) is 0 Å². The van der Waals surface area contributed by atoms with E-state index < -0.39 is 0 Å². The van der Waals surface area contributed by atoms with Crippen molar-refractivity contribution in [3.05, 3.63) is 35.9 Å². The van der Waals surface area contributed by atoms with E-state index in [4.69, 9.17) is 0 Å². The highest BCUT2D eigenvalue weighted by Crippen LogP contribution is 2.15. The summed E-state index contributed by atoms with van der Waals surface area (Å²) < 4.78 is 0. The molecule has 0 aliphatic rings. The van der Waals surface area contributed by atoms with Gasteiger partial charge >= 0.3 is 0 Å². The smallest absolute Gasteiger partial charge is 0.233 e. The summed E-state index contributed by atoms with van der Waals surface area (Å²) in [6, 6.07) is 10.5. The molecule has 100 valence electrons. The first-order chi connectivity index (χ1) is 8.63. The van der Waals surface area contributed by atoms with E-state index in [0.29, 0.717) is 12.5 Å². The predicted octanol–water partition coefficient (Wildman–Crippen LogP) is 2.50. The van der Waals surface area contributed by atoms with Gasteiger partial charge in [-0.2, -0.15) is 0 Å². The Hall–Kier alpha value is -1.35. The molecule has 0 fully saturated rings. The lowest BCUT2D eigenvalue weighted by Gasteiger charge is -2.17. The molecule has 3 nitrogen and oxygen atoms in total. The maximum absolute atomic E-state index is 11.6. The van der Waals surface area contributed by atoms with Crippen molar-refractivity contribution in [3.63, 3.8) is 0 Å². The molecular formula is C15H24N2O. The zero-order valence-electron chi connectivity index (χ0n) is 11.6. The summed E-state index contributed by atoms with van der Waals surface area (Å²) in [5.41, 5.74) is 1.23. The first-order valence-electron chi connectivity index (χ1n) is 6.68. The quantitative estimate of drug-likeness (QED) is 0.778. The number of rotatable bonds is 7.